The van der Waals surface area contributed by atoms with E-state index in [-0.39, 0.29) is 10.6 Å². The van der Waals surface area contributed by atoms with E-state index < -0.39 is 27.9 Å². The van der Waals surface area contributed by atoms with Crippen molar-refractivity contribution in [3.05, 3.63) is 84.9 Å². The van der Waals surface area contributed by atoms with Gasteiger partial charge >= 0.3 is 0 Å². The third kappa shape index (κ3) is 4.06. The zero-order valence-corrected chi connectivity index (χ0v) is 16.9. The minimum Gasteiger partial charge on any atom is -0.269 e. The van der Waals surface area contributed by atoms with Gasteiger partial charge in [0.15, 0.2) is 0 Å². The molecule has 3 aromatic carbocycles. The van der Waals surface area contributed by atoms with Crippen LogP contribution in [0.3, 0.4) is 0 Å². The summed E-state index contributed by atoms with van der Waals surface area (Å²) in [5.41, 5.74) is 1.30. The molecule has 9 nitrogen and oxygen atoms in total. The summed E-state index contributed by atoms with van der Waals surface area (Å²) in [6, 6.07) is 21.5. The number of benzene rings is 3. The highest BCUT2D eigenvalue weighted by Gasteiger charge is 2.47. The number of anilines is 2. The summed E-state index contributed by atoms with van der Waals surface area (Å²) in [4.78, 5) is 26.2. The molecule has 31 heavy (non-hydrogen) atoms. The van der Waals surface area contributed by atoms with Crippen LogP contribution in [0.25, 0.3) is 0 Å². The van der Waals surface area contributed by atoms with Crippen molar-refractivity contribution in [2.75, 3.05) is 10.0 Å². The molecule has 0 aliphatic carbocycles. The summed E-state index contributed by atoms with van der Waals surface area (Å²) in [6.45, 7) is 0. The zero-order chi connectivity index (χ0) is 22.0. The number of nitrogens with two attached hydrogens (primary N) is 1. The molecule has 0 saturated carbocycles. The maximum atomic E-state index is 13.1. The maximum Gasteiger partial charge on any atom is 0.282 e. The molecule has 1 fully saturated rings. The van der Waals surface area contributed by atoms with Crippen molar-refractivity contribution in [2.24, 2.45) is 15.4 Å². The molecule has 2 N–H and O–H groups in total. The lowest BCUT2D eigenvalue weighted by molar-refractivity contribution is -0.123. The van der Waals surface area contributed by atoms with E-state index in [2.05, 4.69) is 10.2 Å². The van der Waals surface area contributed by atoms with Gasteiger partial charge in [-0.1, -0.05) is 36.4 Å². The number of carbonyl (C=O) groups excluding carboxylic acids is 2. The van der Waals surface area contributed by atoms with Crippen LogP contribution in [-0.4, -0.2) is 26.3 Å². The molecule has 0 aromatic heterocycles. The second-order valence-electron chi connectivity index (χ2n) is 6.63. The first-order valence-electron chi connectivity index (χ1n) is 9.18. The number of hydrazine groups is 1. The Labute approximate surface area is 178 Å². The first-order valence-corrected chi connectivity index (χ1v) is 10.7. The minimum atomic E-state index is -3.84. The van der Waals surface area contributed by atoms with Gasteiger partial charge in [0, 0.05) is 0 Å². The third-order valence-corrected chi connectivity index (χ3v) is 5.47. The molecule has 0 atom stereocenters. The van der Waals surface area contributed by atoms with E-state index in [1.807, 2.05) is 0 Å². The van der Waals surface area contributed by atoms with E-state index in [0.29, 0.717) is 11.4 Å². The van der Waals surface area contributed by atoms with Gasteiger partial charge in [-0.05, 0) is 48.5 Å². The Kier molecular flexibility index (Phi) is 5.32. The van der Waals surface area contributed by atoms with Gasteiger partial charge in [-0.2, -0.15) is 10.2 Å². The summed E-state index contributed by atoms with van der Waals surface area (Å²) in [5.74, 6) is -1.10. The van der Waals surface area contributed by atoms with E-state index in [1.165, 1.54) is 34.3 Å². The largest absolute Gasteiger partial charge is 0.282 e. The van der Waals surface area contributed by atoms with Gasteiger partial charge in [-0.3, -0.25) is 9.59 Å². The average Bonchev–Trinajstić information content (AvgIpc) is 3.03. The second-order valence-corrected chi connectivity index (χ2v) is 8.19. The number of hydrogen-bond donors (Lipinski definition) is 1. The van der Waals surface area contributed by atoms with E-state index in [0.717, 1.165) is 0 Å². The summed E-state index contributed by atoms with van der Waals surface area (Å²) < 4.78 is 22.7. The summed E-state index contributed by atoms with van der Waals surface area (Å²) in [7, 11) is -3.84. The molecule has 10 heteroatoms. The van der Waals surface area contributed by atoms with Gasteiger partial charge in [-0.25, -0.2) is 23.6 Å². The van der Waals surface area contributed by atoms with Gasteiger partial charge < -0.3 is 0 Å². The van der Waals surface area contributed by atoms with Gasteiger partial charge in [0.2, 0.25) is 16.1 Å². The molecule has 0 unspecified atom stereocenters. The van der Waals surface area contributed by atoms with Crippen LogP contribution in [0, 0.1) is 0 Å². The number of primary sulfonamides is 1. The van der Waals surface area contributed by atoms with Gasteiger partial charge in [0.05, 0.1) is 22.0 Å². The van der Waals surface area contributed by atoms with E-state index in [9.17, 15) is 18.0 Å². The van der Waals surface area contributed by atoms with Crippen LogP contribution < -0.4 is 15.2 Å². The molecule has 0 bridgehead atoms. The van der Waals surface area contributed by atoms with Crippen molar-refractivity contribution in [2.45, 2.75) is 10.9 Å². The minimum absolute atomic E-state index is 0.0787. The van der Waals surface area contributed by atoms with Crippen LogP contribution in [0.4, 0.5) is 17.1 Å². The lowest BCUT2D eigenvalue weighted by Gasteiger charge is -2.27. The topological polar surface area (TPSA) is 126 Å². The Morgan fingerprint density at radius 3 is 1.58 bits per heavy atom. The molecule has 1 aliphatic heterocycles. The fourth-order valence-electron chi connectivity index (χ4n) is 3.08. The molecule has 1 aliphatic rings. The quantitative estimate of drug-likeness (QED) is 0.488. The van der Waals surface area contributed by atoms with Crippen molar-refractivity contribution in [1.29, 1.82) is 0 Å². The predicted octanol–water partition coefficient (Wildman–Crippen LogP) is 2.78. The molecular weight excluding hydrogens is 418 g/mol. The molecule has 0 radical (unpaired) electrons. The van der Waals surface area contributed by atoms with Crippen LogP contribution in [0.15, 0.2) is 100 Å². The molecule has 1 saturated heterocycles. The fourth-order valence-corrected chi connectivity index (χ4v) is 3.60. The molecule has 2 amide bonds. The van der Waals surface area contributed by atoms with E-state index in [1.54, 1.807) is 60.7 Å². The Morgan fingerprint density at radius 1 is 0.710 bits per heavy atom. The lowest BCUT2D eigenvalue weighted by Crippen LogP contribution is -2.41. The summed E-state index contributed by atoms with van der Waals surface area (Å²) in [5, 5.41) is 15.5. The van der Waals surface area contributed by atoms with Gasteiger partial charge in [0.1, 0.15) is 0 Å². The monoisotopic (exact) mass is 435 g/mol. The Balaban J connectivity index is 1.68. The Morgan fingerprint density at radius 2 is 1.16 bits per heavy atom. The Hall–Kier alpha value is -3.89. The number of sulfonamides is 1. The maximum absolute atomic E-state index is 13.1. The normalized spacial score (nSPS) is 15.3. The molecule has 0 spiro atoms. The number of nitrogens with zero attached hydrogens (tertiary/aromatic N) is 4. The SMILES string of the molecule is NS(=O)(=O)c1ccc(N=NC2C(=O)N(c3ccccc3)N(c3ccccc3)C2=O)cc1. The van der Waals surface area contributed by atoms with Crippen molar-refractivity contribution in [1.82, 2.24) is 0 Å². The van der Waals surface area contributed by atoms with Crippen molar-refractivity contribution >= 4 is 38.9 Å². The number of carbonyl (C=O) groups is 2. The fraction of sp³-hybridized carbons (Fsp3) is 0.0476. The zero-order valence-electron chi connectivity index (χ0n) is 16.1. The first kappa shape index (κ1) is 20.4. The van der Waals surface area contributed by atoms with Crippen LogP contribution in [0.1, 0.15) is 0 Å². The molecule has 156 valence electrons. The number of rotatable bonds is 5. The van der Waals surface area contributed by atoms with Crippen molar-refractivity contribution in [3.8, 4) is 0 Å². The number of para-hydroxylation sites is 2. The summed E-state index contributed by atoms with van der Waals surface area (Å²) >= 11 is 0. The van der Waals surface area contributed by atoms with Crippen LogP contribution in [0.5, 0.6) is 0 Å². The average molecular weight is 435 g/mol. The van der Waals surface area contributed by atoms with Crippen LogP contribution in [0.2, 0.25) is 0 Å². The number of hydrogen-bond acceptors (Lipinski definition) is 6. The second kappa shape index (κ2) is 8.09. The smallest absolute Gasteiger partial charge is 0.269 e. The highest BCUT2D eigenvalue weighted by atomic mass is 32.2. The third-order valence-electron chi connectivity index (χ3n) is 4.54. The summed E-state index contributed by atoms with van der Waals surface area (Å²) in [6.07, 6.45) is 0. The highest BCUT2D eigenvalue weighted by molar-refractivity contribution is 7.89. The van der Waals surface area contributed by atoms with Crippen molar-refractivity contribution in [3.63, 3.8) is 0 Å². The number of azo groups is 1. The molecule has 1 heterocycles. The van der Waals surface area contributed by atoms with E-state index in [4.69, 9.17) is 5.14 Å². The standard InChI is InChI=1S/C21H17N5O4S/c22-31(29,30)18-13-11-15(12-14-18)23-24-19-20(27)25(16-7-3-1-4-8-16)26(21(19)28)17-9-5-2-6-10-17/h1-14,19H,(H2,22,29,30). The van der Waals surface area contributed by atoms with Gasteiger partial charge in [-0.15, -0.1) is 0 Å². The van der Waals surface area contributed by atoms with E-state index >= 15 is 0 Å². The van der Waals surface area contributed by atoms with Gasteiger partial charge in [0.25, 0.3) is 11.8 Å². The van der Waals surface area contributed by atoms with Crippen LogP contribution >= 0.6 is 0 Å². The Bertz CT molecular complexity index is 1190. The highest BCUT2D eigenvalue weighted by Crippen LogP contribution is 2.30. The number of amides is 2. The van der Waals surface area contributed by atoms with Crippen LogP contribution in [-0.2, 0) is 19.6 Å². The predicted molar refractivity (Wildman–Crippen MR) is 114 cm³/mol. The van der Waals surface area contributed by atoms with Crippen molar-refractivity contribution < 1.29 is 18.0 Å². The lowest BCUT2D eigenvalue weighted by atomic mass is 10.2. The molecule has 3 aromatic rings. The molecule has 4 rings (SSSR count). The first-order chi connectivity index (χ1) is 14.9. The molecular formula is C21H17N5O4S.